The molecule has 0 spiro atoms. The molecule has 2 aromatic carbocycles. The zero-order valence-electron chi connectivity index (χ0n) is 22.1. The fourth-order valence-electron chi connectivity index (χ4n) is 5.54. The summed E-state index contributed by atoms with van der Waals surface area (Å²) in [6.07, 6.45) is 0.704. The van der Waals surface area contributed by atoms with Crippen molar-refractivity contribution in [2.24, 2.45) is 0 Å². The number of carbonyl (C=O) groups excluding carboxylic acids is 1. The summed E-state index contributed by atoms with van der Waals surface area (Å²) in [6, 6.07) is 13.4. The lowest BCUT2D eigenvalue weighted by Crippen LogP contribution is -2.50. The molecule has 3 aromatic rings. The molecule has 1 aromatic heterocycles. The van der Waals surface area contributed by atoms with Crippen LogP contribution in [0.5, 0.6) is 11.5 Å². The SMILES string of the molecule is COc1cc(N2CCc3nc(-c4ccc(Cl)cc4)sc3C2=O)ccc1O[Si](C(C)C)(C(C)C)C(C)C. The van der Waals surface area contributed by atoms with Gasteiger partial charge in [-0.15, -0.1) is 11.3 Å². The average molecular weight is 543 g/mol. The molecule has 0 unspecified atom stereocenters. The molecule has 192 valence electrons. The highest BCUT2D eigenvalue weighted by atomic mass is 35.5. The Morgan fingerprint density at radius 1 is 0.972 bits per heavy atom. The van der Waals surface area contributed by atoms with Gasteiger partial charge in [0.1, 0.15) is 15.6 Å². The third-order valence-electron chi connectivity index (χ3n) is 7.25. The first kappa shape index (κ1) is 26.7. The van der Waals surface area contributed by atoms with Crippen LogP contribution in [0.15, 0.2) is 42.5 Å². The molecule has 1 amide bonds. The maximum atomic E-state index is 13.5. The Labute approximate surface area is 224 Å². The second kappa shape index (κ2) is 10.6. The lowest BCUT2D eigenvalue weighted by molar-refractivity contribution is 0.0984. The Morgan fingerprint density at radius 3 is 2.19 bits per heavy atom. The van der Waals surface area contributed by atoms with E-state index in [-0.39, 0.29) is 5.91 Å². The van der Waals surface area contributed by atoms with Crippen molar-refractivity contribution in [3.63, 3.8) is 0 Å². The molecular weight excluding hydrogens is 508 g/mol. The maximum Gasteiger partial charge on any atom is 0.270 e. The average Bonchev–Trinajstić information content (AvgIpc) is 3.28. The molecular formula is C28H35ClN2O3SSi. The van der Waals surface area contributed by atoms with Crippen molar-refractivity contribution < 1.29 is 14.0 Å². The van der Waals surface area contributed by atoms with E-state index in [1.165, 1.54) is 11.3 Å². The van der Waals surface area contributed by atoms with Crippen LogP contribution in [0.3, 0.4) is 0 Å². The molecule has 1 aliphatic heterocycles. The van der Waals surface area contributed by atoms with E-state index in [0.717, 1.165) is 27.7 Å². The van der Waals surface area contributed by atoms with Crippen LogP contribution in [0.4, 0.5) is 5.69 Å². The van der Waals surface area contributed by atoms with E-state index in [2.05, 4.69) is 41.5 Å². The van der Waals surface area contributed by atoms with Gasteiger partial charge >= 0.3 is 0 Å². The Morgan fingerprint density at radius 2 is 1.61 bits per heavy atom. The van der Waals surface area contributed by atoms with E-state index in [1.54, 1.807) is 7.11 Å². The summed E-state index contributed by atoms with van der Waals surface area (Å²) in [5.74, 6) is 1.40. The van der Waals surface area contributed by atoms with Crippen LogP contribution in [-0.4, -0.2) is 32.9 Å². The van der Waals surface area contributed by atoms with Crippen molar-refractivity contribution in [3.8, 4) is 22.1 Å². The number of methoxy groups -OCH3 is 1. The predicted molar refractivity (Wildman–Crippen MR) is 153 cm³/mol. The van der Waals surface area contributed by atoms with Crippen LogP contribution in [0.1, 0.15) is 56.9 Å². The van der Waals surface area contributed by atoms with Crippen molar-refractivity contribution in [3.05, 3.63) is 58.1 Å². The lowest BCUT2D eigenvalue weighted by Gasteiger charge is -2.42. The summed E-state index contributed by atoms with van der Waals surface area (Å²) >= 11 is 7.47. The van der Waals surface area contributed by atoms with Gasteiger partial charge in [-0.2, -0.15) is 0 Å². The molecule has 36 heavy (non-hydrogen) atoms. The molecule has 0 saturated heterocycles. The number of aromatic nitrogens is 1. The number of rotatable bonds is 8. The van der Waals surface area contributed by atoms with Gasteiger partial charge in [-0.3, -0.25) is 4.79 Å². The Kier molecular flexibility index (Phi) is 7.83. The van der Waals surface area contributed by atoms with Crippen molar-refractivity contribution in [1.29, 1.82) is 0 Å². The minimum atomic E-state index is -2.14. The molecule has 4 rings (SSSR count). The highest BCUT2D eigenvalue weighted by Crippen LogP contribution is 2.45. The third-order valence-corrected chi connectivity index (χ3v) is 14.6. The van der Waals surface area contributed by atoms with E-state index >= 15 is 0 Å². The highest BCUT2D eigenvalue weighted by molar-refractivity contribution is 7.17. The number of anilines is 1. The number of carbonyl (C=O) groups is 1. The summed E-state index contributed by atoms with van der Waals surface area (Å²) in [7, 11) is -0.483. The van der Waals surface area contributed by atoms with Gasteiger partial charge in [-0.25, -0.2) is 4.98 Å². The number of nitrogens with zero attached hydrogens (tertiary/aromatic N) is 2. The molecule has 0 radical (unpaired) electrons. The van der Waals surface area contributed by atoms with Crippen LogP contribution < -0.4 is 14.1 Å². The van der Waals surface area contributed by atoms with E-state index in [1.807, 2.05) is 47.4 Å². The summed E-state index contributed by atoms with van der Waals surface area (Å²) in [6.45, 7) is 14.2. The molecule has 0 aliphatic carbocycles. The largest absolute Gasteiger partial charge is 0.540 e. The number of amides is 1. The van der Waals surface area contributed by atoms with E-state index < -0.39 is 8.32 Å². The monoisotopic (exact) mass is 542 g/mol. The molecule has 0 bridgehead atoms. The van der Waals surface area contributed by atoms with Crippen LogP contribution in [-0.2, 0) is 6.42 Å². The molecule has 0 saturated carbocycles. The quantitative estimate of drug-likeness (QED) is 0.269. The standard InChI is InChI=1S/C28H35ClN2O3SSi/c1-17(2)36(18(3)4,19(5)6)34-24-13-12-22(16-25(24)33-7)31-15-14-23-26(28(31)32)35-27(30-23)20-8-10-21(29)11-9-20/h8-13,16-19H,14-15H2,1-7H3. The van der Waals surface area contributed by atoms with Crippen molar-refractivity contribution in [2.45, 2.75) is 64.6 Å². The Hall–Kier alpha value is -2.35. The summed E-state index contributed by atoms with van der Waals surface area (Å²) in [5.41, 5.74) is 3.98. The van der Waals surface area contributed by atoms with E-state index in [0.29, 0.717) is 45.2 Å². The fraction of sp³-hybridized carbons (Fsp3) is 0.429. The third kappa shape index (κ3) is 4.81. The molecule has 0 N–H and O–H groups in total. The van der Waals surface area contributed by atoms with Gasteiger partial charge in [0.25, 0.3) is 14.2 Å². The van der Waals surface area contributed by atoms with Gasteiger partial charge in [-0.05, 0) is 40.9 Å². The van der Waals surface area contributed by atoms with E-state index in [9.17, 15) is 4.79 Å². The van der Waals surface area contributed by atoms with Gasteiger partial charge in [0.05, 0.1) is 12.8 Å². The number of fused-ring (bicyclic) bond motifs is 1. The maximum absolute atomic E-state index is 13.5. The summed E-state index contributed by atoms with van der Waals surface area (Å²) in [5, 5.41) is 1.52. The van der Waals surface area contributed by atoms with Crippen molar-refractivity contribution >= 4 is 42.8 Å². The minimum absolute atomic E-state index is 0.0278. The van der Waals surface area contributed by atoms with Gasteiger partial charge in [0.2, 0.25) is 0 Å². The lowest BCUT2D eigenvalue weighted by atomic mass is 10.1. The number of hydrogen-bond acceptors (Lipinski definition) is 5. The first-order valence-corrected chi connectivity index (χ1v) is 15.9. The Bertz CT molecular complexity index is 1220. The summed E-state index contributed by atoms with van der Waals surface area (Å²) in [4.78, 5) is 20.8. The number of ether oxygens (including phenoxy) is 1. The molecule has 0 atom stereocenters. The normalized spacial score (nSPS) is 14.1. The number of halogens is 1. The first-order chi connectivity index (χ1) is 17.1. The second-order valence-corrected chi connectivity index (χ2v) is 17.1. The van der Waals surface area contributed by atoms with Crippen LogP contribution in [0.2, 0.25) is 21.6 Å². The fourth-order valence-corrected chi connectivity index (χ4v) is 12.0. The predicted octanol–water partition coefficient (Wildman–Crippen LogP) is 8.23. The van der Waals surface area contributed by atoms with Crippen molar-refractivity contribution in [1.82, 2.24) is 4.98 Å². The van der Waals surface area contributed by atoms with Crippen molar-refractivity contribution in [2.75, 3.05) is 18.6 Å². The second-order valence-electron chi connectivity index (χ2n) is 10.3. The zero-order chi connectivity index (χ0) is 26.2. The smallest absolute Gasteiger partial charge is 0.270 e. The van der Waals surface area contributed by atoms with Crippen LogP contribution in [0, 0.1) is 0 Å². The summed E-state index contributed by atoms with van der Waals surface area (Å²) < 4.78 is 12.7. The highest BCUT2D eigenvalue weighted by Gasteiger charge is 2.47. The molecule has 8 heteroatoms. The molecule has 2 heterocycles. The van der Waals surface area contributed by atoms with Crippen LogP contribution in [0.25, 0.3) is 10.6 Å². The van der Waals surface area contributed by atoms with E-state index in [4.69, 9.17) is 25.7 Å². The molecule has 0 fully saturated rings. The topological polar surface area (TPSA) is 51.7 Å². The van der Waals surface area contributed by atoms with Gasteiger partial charge in [-0.1, -0.05) is 65.3 Å². The number of hydrogen-bond donors (Lipinski definition) is 0. The minimum Gasteiger partial charge on any atom is -0.540 e. The zero-order valence-corrected chi connectivity index (χ0v) is 24.7. The van der Waals surface area contributed by atoms with Gasteiger partial charge in [0, 0.05) is 35.3 Å². The van der Waals surface area contributed by atoms with Gasteiger partial charge in [0.15, 0.2) is 5.75 Å². The molecule has 1 aliphatic rings. The Balaban J connectivity index is 1.63. The molecule has 5 nitrogen and oxygen atoms in total. The number of benzene rings is 2. The first-order valence-electron chi connectivity index (χ1n) is 12.5. The van der Waals surface area contributed by atoms with Crippen LogP contribution >= 0.6 is 22.9 Å². The van der Waals surface area contributed by atoms with Gasteiger partial charge < -0.3 is 14.1 Å². The number of thiazole rings is 1.